The van der Waals surface area contributed by atoms with Gasteiger partial charge in [0.05, 0.1) is 28.3 Å². The molecule has 0 atom stereocenters. The standard InChI is InChI=1S/C23H21N5O4S2/c1-13-7-8-17(18(10-13)28(31)32)25-19(29)12-33-23-26-21-20(14(2)15(3)34-21)22(30)27(23)11-16-6-4-5-9-24-16/h4-10H,11-12H2,1-3H3,(H,25,29). The molecule has 1 aromatic carbocycles. The number of nitro benzene ring substituents is 1. The maximum atomic E-state index is 13.4. The van der Waals surface area contributed by atoms with Crippen molar-refractivity contribution in [3.8, 4) is 0 Å². The number of nitrogens with zero attached hydrogens (tertiary/aromatic N) is 4. The van der Waals surface area contributed by atoms with Gasteiger partial charge in [-0.05, 0) is 50.1 Å². The summed E-state index contributed by atoms with van der Waals surface area (Å²) in [6.45, 7) is 5.80. The SMILES string of the molecule is Cc1ccc(NC(=O)CSc2nc3sc(C)c(C)c3c(=O)n2Cc2ccccn2)c([N+](=O)[O-])c1. The predicted octanol–water partition coefficient (Wildman–Crippen LogP) is 4.47. The molecule has 0 radical (unpaired) electrons. The van der Waals surface area contributed by atoms with Gasteiger partial charge >= 0.3 is 0 Å². The molecule has 11 heteroatoms. The van der Waals surface area contributed by atoms with Crippen molar-refractivity contribution < 1.29 is 9.72 Å². The first-order chi connectivity index (χ1) is 16.2. The van der Waals surface area contributed by atoms with Gasteiger partial charge in [0, 0.05) is 17.1 Å². The van der Waals surface area contributed by atoms with Gasteiger partial charge in [-0.1, -0.05) is 23.9 Å². The molecule has 0 spiro atoms. The van der Waals surface area contributed by atoms with Crippen LogP contribution in [0.4, 0.5) is 11.4 Å². The lowest BCUT2D eigenvalue weighted by Crippen LogP contribution is -2.25. The molecule has 4 aromatic rings. The minimum Gasteiger partial charge on any atom is -0.320 e. The number of carbonyl (C=O) groups is 1. The number of anilines is 1. The zero-order valence-corrected chi connectivity index (χ0v) is 20.3. The van der Waals surface area contributed by atoms with Gasteiger partial charge in [0.1, 0.15) is 10.5 Å². The van der Waals surface area contributed by atoms with Crippen LogP contribution in [0.2, 0.25) is 0 Å². The van der Waals surface area contributed by atoms with Crippen LogP contribution in [0, 0.1) is 30.9 Å². The van der Waals surface area contributed by atoms with E-state index in [1.165, 1.54) is 28.0 Å². The second kappa shape index (κ2) is 9.74. The van der Waals surface area contributed by atoms with Crippen molar-refractivity contribution in [2.45, 2.75) is 32.5 Å². The number of thioether (sulfide) groups is 1. The Morgan fingerprint density at radius 3 is 2.74 bits per heavy atom. The average molecular weight is 496 g/mol. The lowest BCUT2D eigenvalue weighted by molar-refractivity contribution is -0.384. The number of fused-ring (bicyclic) bond motifs is 1. The van der Waals surface area contributed by atoms with Crippen molar-refractivity contribution in [3.63, 3.8) is 0 Å². The normalized spacial score (nSPS) is 11.0. The fraction of sp³-hybridized carbons (Fsp3) is 0.217. The first-order valence-electron chi connectivity index (χ1n) is 10.3. The van der Waals surface area contributed by atoms with Gasteiger partial charge in [-0.3, -0.25) is 29.3 Å². The number of pyridine rings is 1. The number of nitro groups is 1. The molecule has 174 valence electrons. The minimum absolute atomic E-state index is 0.0749. The number of thiophene rings is 1. The van der Waals surface area contributed by atoms with Crippen molar-refractivity contribution in [2.24, 2.45) is 0 Å². The van der Waals surface area contributed by atoms with Crippen LogP contribution in [0.5, 0.6) is 0 Å². The molecule has 0 aliphatic rings. The van der Waals surface area contributed by atoms with E-state index in [1.807, 2.05) is 26.0 Å². The molecule has 0 bridgehead atoms. The van der Waals surface area contributed by atoms with Crippen molar-refractivity contribution in [1.82, 2.24) is 14.5 Å². The van der Waals surface area contributed by atoms with E-state index >= 15 is 0 Å². The zero-order chi connectivity index (χ0) is 24.4. The fourth-order valence-electron chi connectivity index (χ4n) is 3.43. The molecular weight excluding hydrogens is 474 g/mol. The second-order valence-corrected chi connectivity index (χ2v) is 9.83. The molecule has 0 saturated heterocycles. The smallest absolute Gasteiger partial charge is 0.293 e. The molecule has 1 amide bonds. The van der Waals surface area contributed by atoms with E-state index in [0.29, 0.717) is 21.1 Å². The highest BCUT2D eigenvalue weighted by atomic mass is 32.2. The molecule has 3 aromatic heterocycles. The fourth-order valence-corrected chi connectivity index (χ4v) is 5.30. The number of hydrogen-bond donors (Lipinski definition) is 1. The molecule has 0 fully saturated rings. The van der Waals surface area contributed by atoms with E-state index in [0.717, 1.165) is 27.8 Å². The van der Waals surface area contributed by atoms with Crippen LogP contribution in [0.1, 0.15) is 21.7 Å². The lowest BCUT2D eigenvalue weighted by atomic mass is 10.2. The van der Waals surface area contributed by atoms with E-state index < -0.39 is 10.8 Å². The number of amides is 1. The van der Waals surface area contributed by atoms with E-state index in [4.69, 9.17) is 0 Å². The Bertz CT molecular complexity index is 1460. The number of rotatable bonds is 7. The highest BCUT2D eigenvalue weighted by Gasteiger charge is 2.20. The molecule has 0 aliphatic carbocycles. The van der Waals surface area contributed by atoms with Crippen LogP contribution in [-0.2, 0) is 11.3 Å². The molecular formula is C23H21N5O4S2. The lowest BCUT2D eigenvalue weighted by Gasteiger charge is -2.12. The van der Waals surface area contributed by atoms with Gasteiger partial charge < -0.3 is 5.32 Å². The van der Waals surface area contributed by atoms with E-state index in [-0.39, 0.29) is 29.2 Å². The summed E-state index contributed by atoms with van der Waals surface area (Å²) in [5, 5.41) is 14.9. The Balaban J connectivity index is 1.63. The van der Waals surface area contributed by atoms with Crippen LogP contribution in [0.15, 0.2) is 52.5 Å². The zero-order valence-electron chi connectivity index (χ0n) is 18.7. The highest BCUT2D eigenvalue weighted by molar-refractivity contribution is 7.99. The highest BCUT2D eigenvalue weighted by Crippen LogP contribution is 2.29. The second-order valence-electron chi connectivity index (χ2n) is 7.68. The number of nitrogens with one attached hydrogen (secondary N) is 1. The maximum absolute atomic E-state index is 13.4. The summed E-state index contributed by atoms with van der Waals surface area (Å²) in [6.07, 6.45) is 1.65. The number of benzene rings is 1. The number of aryl methyl sites for hydroxylation is 3. The summed E-state index contributed by atoms with van der Waals surface area (Å²) in [7, 11) is 0. The van der Waals surface area contributed by atoms with Crippen molar-refractivity contribution >= 4 is 50.6 Å². The maximum Gasteiger partial charge on any atom is 0.293 e. The predicted molar refractivity (Wildman–Crippen MR) is 134 cm³/mol. The third kappa shape index (κ3) is 4.85. The molecule has 0 saturated carbocycles. The van der Waals surface area contributed by atoms with Crippen molar-refractivity contribution in [2.75, 3.05) is 11.1 Å². The van der Waals surface area contributed by atoms with E-state index in [9.17, 15) is 19.7 Å². The Labute approximate surface area is 203 Å². The molecule has 34 heavy (non-hydrogen) atoms. The Morgan fingerprint density at radius 2 is 2.03 bits per heavy atom. The first kappa shape index (κ1) is 23.6. The third-order valence-corrected chi connectivity index (χ3v) is 7.33. The van der Waals surface area contributed by atoms with Gasteiger partial charge in [0.2, 0.25) is 5.91 Å². The Morgan fingerprint density at radius 1 is 1.24 bits per heavy atom. The van der Waals surface area contributed by atoms with Gasteiger partial charge in [-0.2, -0.15) is 0 Å². The molecule has 9 nitrogen and oxygen atoms in total. The van der Waals surface area contributed by atoms with Gasteiger partial charge in [-0.25, -0.2) is 4.98 Å². The first-order valence-corrected chi connectivity index (χ1v) is 12.1. The molecule has 0 aliphatic heterocycles. The topological polar surface area (TPSA) is 120 Å². The van der Waals surface area contributed by atoms with Gasteiger partial charge in [0.25, 0.3) is 11.2 Å². The largest absolute Gasteiger partial charge is 0.320 e. The monoisotopic (exact) mass is 495 g/mol. The number of aromatic nitrogens is 3. The van der Waals surface area contributed by atoms with Gasteiger partial charge in [-0.15, -0.1) is 11.3 Å². The minimum atomic E-state index is -0.531. The number of hydrogen-bond acceptors (Lipinski definition) is 8. The van der Waals surface area contributed by atoms with Crippen LogP contribution in [0.25, 0.3) is 10.2 Å². The van der Waals surface area contributed by atoms with Crippen molar-refractivity contribution in [1.29, 1.82) is 0 Å². The molecule has 4 rings (SSSR count). The summed E-state index contributed by atoms with van der Waals surface area (Å²) in [6, 6.07) is 10.1. The van der Waals surface area contributed by atoms with Crippen LogP contribution < -0.4 is 10.9 Å². The van der Waals surface area contributed by atoms with Crippen molar-refractivity contribution in [3.05, 3.63) is 84.8 Å². The van der Waals surface area contributed by atoms with Crippen LogP contribution >= 0.6 is 23.1 Å². The van der Waals surface area contributed by atoms with Crippen LogP contribution in [-0.4, -0.2) is 31.1 Å². The van der Waals surface area contributed by atoms with E-state index in [2.05, 4.69) is 15.3 Å². The molecule has 0 unspecified atom stereocenters. The average Bonchev–Trinajstić information content (AvgIpc) is 3.09. The molecule has 3 heterocycles. The summed E-state index contributed by atoms with van der Waals surface area (Å²) in [5.74, 6) is -0.511. The number of carbonyl (C=O) groups excluding carboxylic acids is 1. The van der Waals surface area contributed by atoms with Gasteiger partial charge in [0.15, 0.2) is 5.16 Å². The molecule has 1 N–H and O–H groups in total. The summed E-state index contributed by atoms with van der Waals surface area (Å²) in [5.41, 5.74) is 2.07. The third-order valence-electron chi connectivity index (χ3n) is 5.26. The van der Waals surface area contributed by atoms with Crippen LogP contribution in [0.3, 0.4) is 0 Å². The quantitative estimate of drug-likeness (QED) is 0.174. The Hall–Kier alpha value is -3.57. The summed E-state index contributed by atoms with van der Waals surface area (Å²) >= 11 is 2.54. The summed E-state index contributed by atoms with van der Waals surface area (Å²) in [4.78, 5) is 47.5. The summed E-state index contributed by atoms with van der Waals surface area (Å²) < 4.78 is 1.52. The Kier molecular flexibility index (Phi) is 6.75. The van der Waals surface area contributed by atoms with E-state index in [1.54, 1.807) is 25.3 Å².